The van der Waals surface area contributed by atoms with Gasteiger partial charge in [-0.25, -0.2) is 0 Å². The Kier molecular flexibility index (Phi) is 3.41. The number of carbonyl (C=O) groups excluding carboxylic acids is 1. The lowest BCUT2D eigenvalue weighted by Crippen LogP contribution is -2.49. The summed E-state index contributed by atoms with van der Waals surface area (Å²) in [6, 6.07) is 0. The fourth-order valence-corrected chi connectivity index (χ4v) is 1.84. The van der Waals surface area contributed by atoms with Gasteiger partial charge in [-0.3, -0.25) is 4.79 Å². The molecule has 0 radical (unpaired) electrons. The van der Waals surface area contributed by atoms with Gasteiger partial charge in [0.25, 0.3) is 0 Å². The van der Waals surface area contributed by atoms with Crippen LogP contribution in [0.1, 0.15) is 19.8 Å². The van der Waals surface area contributed by atoms with E-state index in [0.717, 1.165) is 0 Å². The van der Waals surface area contributed by atoms with E-state index in [1.807, 2.05) is 0 Å². The highest BCUT2D eigenvalue weighted by molar-refractivity contribution is 5.79. The third-order valence-corrected chi connectivity index (χ3v) is 2.73. The number of aliphatic hydroxyl groups excluding tert-OH is 2. The minimum absolute atomic E-state index is 0.0684. The first-order valence-corrected chi connectivity index (χ1v) is 4.47. The molecule has 0 amide bonds. The molecule has 4 nitrogen and oxygen atoms in total. The maximum absolute atomic E-state index is 11.0. The van der Waals surface area contributed by atoms with Crippen LogP contribution in [0.25, 0.3) is 0 Å². The second-order valence-corrected chi connectivity index (χ2v) is 3.55. The van der Waals surface area contributed by atoms with E-state index in [9.17, 15) is 15.0 Å². The predicted octanol–water partition coefficient (Wildman–Crippen LogP) is -0.278. The van der Waals surface area contributed by atoms with Crippen LogP contribution in [0, 0.1) is 5.92 Å². The number of aliphatic hydroxyl groups is 2. The third-order valence-electron chi connectivity index (χ3n) is 2.73. The number of ether oxygens (including phenoxy) is 1. The molecule has 13 heavy (non-hydrogen) atoms. The molecule has 1 saturated carbocycles. The number of carbonyl (C=O) groups is 1. The first-order valence-electron chi connectivity index (χ1n) is 4.47. The molecule has 1 fully saturated rings. The van der Waals surface area contributed by atoms with Gasteiger partial charge in [0, 0.05) is 13.0 Å². The number of rotatable bonds is 2. The van der Waals surface area contributed by atoms with Crippen LogP contribution >= 0.6 is 0 Å². The van der Waals surface area contributed by atoms with Crippen molar-refractivity contribution in [1.29, 1.82) is 0 Å². The molecule has 2 N–H and O–H groups in total. The molecule has 0 aromatic rings. The maximum Gasteiger partial charge on any atom is 0.135 e. The monoisotopic (exact) mass is 188 g/mol. The van der Waals surface area contributed by atoms with E-state index in [-0.39, 0.29) is 11.9 Å². The van der Waals surface area contributed by atoms with Crippen LogP contribution in [0.3, 0.4) is 0 Å². The van der Waals surface area contributed by atoms with Gasteiger partial charge >= 0.3 is 0 Å². The topological polar surface area (TPSA) is 66.8 Å². The summed E-state index contributed by atoms with van der Waals surface area (Å²) in [5, 5.41) is 19.1. The predicted molar refractivity (Wildman–Crippen MR) is 46.2 cm³/mol. The first-order chi connectivity index (χ1) is 6.07. The zero-order chi connectivity index (χ0) is 10.0. The summed E-state index contributed by atoms with van der Waals surface area (Å²) in [4.78, 5) is 11.0. The third kappa shape index (κ3) is 2.07. The normalized spacial score (nSPS) is 40.3. The van der Waals surface area contributed by atoms with Gasteiger partial charge < -0.3 is 14.9 Å². The van der Waals surface area contributed by atoms with E-state index in [4.69, 9.17) is 4.74 Å². The van der Waals surface area contributed by atoms with Crippen molar-refractivity contribution in [2.45, 2.75) is 38.1 Å². The number of hydrogen-bond donors (Lipinski definition) is 2. The van der Waals surface area contributed by atoms with Gasteiger partial charge in [0.1, 0.15) is 11.9 Å². The van der Waals surface area contributed by atoms with E-state index in [2.05, 4.69) is 0 Å². The lowest BCUT2D eigenvalue weighted by Gasteiger charge is -2.35. The first kappa shape index (κ1) is 10.6. The van der Waals surface area contributed by atoms with Crippen LogP contribution in [0.4, 0.5) is 0 Å². The average molecular weight is 188 g/mol. The lowest BCUT2D eigenvalue weighted by atomic mass is 9.80. The van der Waals surface area contributed by atoms with Gasteiger partial charge in [-0.15, -0.1) is 0 Å². The summed E-state index contributed by atoms with van der Waals surface area (Å²) in [6.07, 6.45) is -1.04. The second kappa shape index (κ2) is 4.17. The molecule has 0 heterocycles. The van der Waals surface area contributed by atoms with E-state index in [1.54, 1.807) is 0 Å². The number of hydrogen-bond acceptors (Lipinski definition) is 4. The number of Topliss-reactive ketones (excluding diaryl/α,β-unsaturated/α-hetero) is 1. The van der Waals surface area contributed by atoms with E-state index >= 15 is 0 Å². The Morgan fingerprint density at radius 1 is 1.31 bits per heavy atom. The van der Waals surface area contributed by atoms with E-state index < -0.39 is 18.1 Å². The van der Waals surface area contributed by atoms with Gasteiger partial charge in [0.05, 0.1) is 12.2 Å². The smallest absolute Gasteiger partial charge is 0.135 e. The van der Waals surface area contributed by atoms with Crippen molar-refractivity contribution >= 4 is 5.78 Å². The van der Waals surface area contributed by atoms with Crippen LogP contribution in [0.2, 0.25) is 0 Å². The largest absolute Gasteiger partial charge is 0.390 e. The molecule has 0 unspecified atom stereocenters. The summed E-state index contributed by atoms with van der Waals surface area (Å²) in [5.74, 6) is -0.498. The minimum Gasteiger partial charge on any atom is -0.390 e. The summed E-state index contributed by atoms with van der Waals surface area (Å²) < 4.78 is 4.98. The highest BCUT2D eigenvalue weighted by Crippen LogP contribution is 2.27. The Labute approximate surface area is 77.5 Å². The molecule has 1 rings (SSSR count). The van der Waals surface area contributed by atoms with Crippen LogP contribution < -0.4 is 0 Å². The van der Waals surface area contributed by atoms with E-state index in [1.165, 1.54) is 14.0 Å². The van der Waals surface area contributed by atoms with E-state index in [0.29, 0.717) is 12.8 Å². The van der Waals surface area contributed by atoms with Crippen molar-refractivity contribution < 1.29 is 19.7 Å². The zero-order valence-corrected chi connectivity index (χ0v) is 7.93. The molecule has 0 aromatic heterocycles. The van der Waals surface area contributed by atoms with Crippen molar-refractivity contribution in [2.75, 3.05) is 7.11 Å². The van der Waals surface area contributed by atoms with Gasteiger partial charge in [-0.2, -0.15) is 0 Å². The SMILES string of the molecule is CO[C@@H]1CC[C@H](C(C)=O)[C@H](O)[C@H]1O. The van der Waals surface area contributed by atoms with Gasteiger partial charge in [0.15, 0.2) is 0 Å². The van der Waals surface area contributed by atoms with Gasteiger partial charge in [0.2, 0.25) is 0 Å². The summed E-state index contributed by atoms with van der Waals surface area (Å²) >= 11 is 0. The lowest BCUT2D eigenvalue weighted by molar-refractivity contribution is -0.145. The number of ketones is 1. The molecular weight excluding hydrogens is 172 g/mol. The summed E-state index contributed by atoms with van der Waals surface area (Å²) in [5.41, 5.74) is 0. The quantitative estimate of drug-likeness (QED) is 0.625. The zero-order valence-electron chi connectivity index (χ0n) is 7.93. The Bertz CT molecular complexity index is 192. The van der Waals surface area contributed by atoms with Crippen LogP contribution in [-0.4, -0.2) is 41.4 Å². The van der Waals surface area contributed by atoms with Crippen LogP contribution in [0.5, 0.6) is 0 Å². The Hall–Kier alpha value is -0.450. The molecule has 0 saturated heterocycles. The number of methoxy groups -OCH3 is 1. The molecule has 4 atom stereocenters. The molecule has 0 spiro atoms. The minimum atomic E-state index is -0.976. The Balaban J connectivity index is 2.64. The Morgan fingerprint density at radius 3 is 2.38 bits per heavy atom. The molecular formula is C9H16O4. The average Bonchev–Trinajstić information content (AvgIpc) is 2.09. The van der Waals surface area contributed by atoms with Crippen molar-refractivity contribution in [2.24, 2.45) is 5.92 Å². The van der Waals surface area contributed by atoms with Crippen LogP contribution in [-0.2, 0) is 9.53 Å². The standard InChI is InChI=1S/C9H16O4/c1-5(10)6-3-4-7(13-2)9(12)8(6)11/h6-9,11-12H,3-4H2,1-2H3/t6-,7-,8+,9+/m1/s1. The van der Waals surface area contributed by atoms with Crippen LogP contribution in [0.15, 0.2) is 0 Å². The van der Waals surface area contributed by atoms with Gasteiger partial charge in [-0.1, -0.05) is 0 Å². The molecule has 1 aliphatic carbocycles. The molecule has 4 heteroatoms. The fraction of sp³-hybridized carbons (Fsp3) is 0.889. The van der Waals surface area contributed by atoms with Crippen molar-refractivity contribution in [3.8, 4) is 0 Å². The highest BCUT2D eigenvalue weighted by Gasteiger charge is 2.39. The van der Waals surface area contributed by atoms with Crippen molar-refractivity contribution in [3.63, 3.8) is 0 Å². The molecule has 1 aliphatic rings. The highest BCUT2D eigenvalue weighted by atomic mass is 16.5. The molecule has 0 bridgehead atoms. The molecule has 0 aromatic carbocycles. The summed E-state index contributed by atoms with van der Waals surface area (Å²) in [7, 11) is 1.49. The van der Waals surface area contributed by atoms with Gasteiger partial charge in [-0.05, 0) is 19.8 Å². The maximum atomic E-state index is 11.0. The van der Waals surface area contributed by atoms with Crippen molar-refractivity contribution in [1.82, 2.24) is 0 Å². The second-order valence-electron chi connectivity index (χ2n) is 3.55. The Morgan fingerprint density at radius 2 is 1.92 bits per heavy atom. The molecule has 0 aliphatic heterocycles. The fourth-order valence-electron chi connectivity index (χ4n) is 1.84. The summed E-state index contributed by atoms with van der Waals surface area (Å²) in [6.45, 7) is 1.44. The molecule has 76 valence electrons. The van der Waals surface area contributed by atoms with Crippen molar-refractivity contribution in [3.05, 3.63) is 0 Å².